The summed E-state index contributed by atoms with van der Waals surface area (Å²) < 4.78 is 1.65. The van der Waals surface area contributed by atoms with Crippen molar-refractivity contribution in [3.8, 4) is 5.88 Å². The summed E-state index contributed by atoms with van der Waals surface area (Å²) in [5.41, 5.74) is 1.28. The predicted molar refractivity (Wildman–Crippen MR) is 75.8 cm³/mol. The van der Waals surface area contributed by atoms with Crippen LogP contribution in [0.3, 0.4) is 0 Å². The van der Waals surface area contributed by atoms with Crippen LogP contribution in [0.15, 0.2) is 46.6 Å². The molecule has 6 nitrogen and oxygen atoms in total. The normalized spacial score (nSPS) is 11.5. The topological polar surface area (TPSA) is 75.7 Å². The van der Waals surface area contributed by atoms with Crippen LogP contribution in [0.4, 0.5) is 11.5 Å². The van der Waals surface area contributed by atoms with Crippen LogP contribution < -0.4 is 0 Å². The zero-order valence-corrected chi connectivity index (χ0v) is 11.3. The third-order valence-electron chi connectivity index (χ3n) is 2.92. The molecule has 0 saturated heterocycles. The van der Waals surface area contributed by atoms with Gasteiger partial charge >= 0.3 is 0 Å². The molecule has 2 heterocycles. The number of para-hydroxylation sites is 1. The average molecular weight is 288 g/mol. The highest BCUT2D eigenvalue weighted by molar-refractivity contribution is 6.29. The summed E-state index contributed by atoms with van der Waals surface area (Å²) in [6.45, 7) is 0. The molecule has 1 aromatic carbocycles. The Balaban J connectivity index is 2.06. The standard InChI is InChI=1S/C13H10ClN5O/c1-19-9-5-3-2-4-8(9)12(13(19)20)18-17-11-7-6-10(14)15-16-11/h2-7,20H,1H3. The lowest BCUT2D eigenvalue weighted by Gasteiger charge is -1.95. The summed E-state index contributed by atoms with van der Waals surface area (Å²) >= 11 is 5.65. The number of hydrogen-bond acceptors (Lipinski definition) is 5. The molecule has 0 amide bonds. The molecule has 2 aromatic heterocycles. The second-order valence-electron chi connectivity index (χ2n) is 4.16. The van der Waals surface area contributed by atoms with Gasteiger partial charge in [0.1, 0.15) is 0 Å². The van der Waals surface area contributed by atoms with E-state index in [9.17, 15) is 5.11 Å². The van der Waals surface area contributed by atoms with E-state index >= 15 is 0 Å². The molecular weight excluding hydrogens is 278 g/mol. The number of nitrogens with zero attached hydrogens (tertiary/aromatic N) is 5. The van der Waals surface area contributed by atoms with Gasteiger partial charge < -0.3 is 9.67 Å². The molecule has 0 atom stereocenters. The van der Waals surface area contributed by atoms with Gasteiger partial charge in [0.25, 0.3) is 0 Å². The molecule has 0 radical (unpaired) electrons. The molecule has 1 N–H and O–H groups in total. The minimum Gasteiger partial charge on any atom is -0.493 e. The van der Waals surface area contributed by atoms with Gasteiger partial charge in [-0.2, -0.15) is 0 Å². The molecule has 0 unspecified atom stereocenters. The Bertz CT molecular complexity index is 794. The molecule has 0 fully saturated rings. The van der Waals surface area contributed by atoms with Gasteiger partial charge in [-0.25, -0.2) is 0 Å². The minimum absolute atomic E-state index is 0.0527. The highest BCUT2D eigenvalue weighted by Gasteiger charge is 2.13. The summed E-state index contributed by atoms with van der Waals surface area (Å²) in [7, 11) is 1.76. The van der Waals surface area contributed by atoms with Crippen LogP contribution in [0.1, 0.15) is 0 Å². The van der Waals surface area contributed by atoms with Crippen LogP contribution in [0.5, 0.6) is 5.88 Å². The van der Waals surface area contributed by atoms with E-state index in [0.29, 0.717) is 11.5 Å². The zero-order chi connectivity index (χ0) is 14.1. The van der Waals surface area contributed by atoms with Crippen LogP contribution in [0.2, 0.25) is 5.15 Å². The Morgan fingerprint density at radius 1 is 1.10 bits per heavy atom. The zero-order valence-electron chi connectivity index (χ0n) is 10.5. The molecular formula is C13H10ClN5O. The second-order valence-corrected chi connectivity index (χ2v) is 4.55. The second kappa shape index (κ2) is 4.90. The monoisotopic (exact) mass is 287 g/mol. The number of halogens is 1. The number of aryl methyl sites for hydroxylation is 1. The smallest absolute Gasteiger partial charge is 0.220 e. The number of azo groups is 1. The summed E-state index contributed by atoms with van der Waals surface area (Å²) in [6.07, 6.45) is 0. The van der Waals surface area contributed by atoms with E-state index in [1.807, 2.05) is 24.3 Å². The predicted octanol–water partition coefficient (Wildman–Crippen LogP) is 3.74. The van der Waals surface area contributed by atoms with E-state index in [2.05, 4.69) is 20.4 Å². The van der Waals surface area contributed by atoms with Crippen LogP contribution in [-0.4, -0.2) is 19.9 Å². The molecule has 3 aromatic rings. The van der Waals surface area contributed by atoms with Crippen molar-refractivity contribution >= 4 is 34.0 Å². The Labute approximate surface area is 119 Å². The lowest BCUT2D eigenvalue weighted by Crippen LogP contribution is -1.84. The summed E-state index contributed by atoms with van der Waals surface area (Å²) in [4.78, 5) is 0. The molecule has 0 bridgehead atoms. The van der Waals surface area contributed by atoms with Crippen LogP contribution >= 0.6 is 11.6 Å². The molecule has 100 valence electrons. The molecule has 0 spiro atoms. The van der Waals surface area contributed by atoms with Gasteiger partial charge in [0, 0.05) is 12.4 Å². The summed E-state index contributed by atoms with van der Waals surface area (Å²) in [5.74, 6) is 0.374. The fourth-order valence-electron chi connectivity index (χ4n) is 1.92. The first-order valence-corrected chi connectivity index (χ1v) is 6.22. The van der Waals surface area contributed by atoms with E-state index in [4.69, 9.17) is 11.6 Å². The van der Waals surface area contributed by atoms with Crippen molar-refractivity contribution < 1.29 is 5.11 Å². The van der Waals surface area contributed by atoms with Gasteiger partial charge in [-0.3, -0.25) is 0 Å². The minimum atomic E-state index is 0.0527. The maximum Gasteiger partial charge on any atom is 0.220 e. The number of aromatic hydroxyl groups is 1. The lowest BCUT2D eigenvalue weighted by atomic mass is 10.2. The van der Waals surface area contributed by atoms with Crippen LogP contribution in [-0.2, 0) is 7.05 Å². The Hall–Kier alpha value is -2.47. The van der Waals surface area contributed by atoms with E-state index in [1.54, 1.807) is 23.7 Å². The van der Waals surface area contributed by atoms with Crippen LogP contribution in [0.25, 0.3) is 10.9 Å². The maximum atomic E-state index is 10.1. The van der Waals surface area contributed by atoms with Crippen molar-refractivity contribution in [2.75, 3.05) is 0 Å². The largest absolute Gasteiger partial charge is 0.493 e. The van der Waals surface area contributed by atoms with E-state index < -0.39 is 0 Å². The fourth-order valence-corrected chi connectivity index (χ4v) is 2.02. The number of rotatable bonds is 2. The van der Waals surface area contributed by atoms with Gasteiger partial charge in [-0.1, -0.05) is 29.8 Å². The van der Waals surface area contributed by atoms with E-state index in [0.717, 1.165) is 10.9 Å². The van der Waals surface area contributed by atoms with Gasteiger partial charge in [-0.05, 0) is 18.2 Å². The molecule has 0 aliphatic heterocycles. The number of hydrogen-bond donors (Lipinski definition) is 1. The molecule has 0 aliphatic carbocycles. The van der Waals surface area contributed by atoms with Gasteiger partial charge in [0.15, 0.2) is 16.7 Å². The third-order valence-corrected chi connectivity index (χ3v) is 3.12. The first-order chi connectivity index (χ1) is 9.66. The van der Waals surface area contributed by atoms with Crippen LogP contribution in [0, 0.1) is 0 Å². The van der Waals surface area contributed by atoms with Gasteiger partial charge in [0.2, 0.25) is 5.88 Å². The molecule has 3 rings (SSSR count). The van der Waals surface area contributed by atoms with Crippen molar-refractivity contribution in [3.63, 3.8) is 0 Å². The van der Waals surface area contributed by atoms with Crippen molar-refractivity contribution in [3.05, 3.63) is 41.6 Å². The maximum absolute atomic E-state index is 10.1. The quantitative estimate of drug-likeness (QED) is 0.729. The SMILES string of the molecule is Cn1c(O)c(N=Nc2ccc(Cl)nn2)c2ccccc21. The first kappa shape index (κ1) is 12.6. The third kappa shape index (κ3) is 2.10. The summed E-state index contributed by atoms with van der Waals surface area (Å²) in [6, 6.07) is 10.7. The Morgan fingerprint density at radius 3 is 2.65 bits per heavy atom. The van der Waals surface area contributed by atoms with Gasteiger partial charge in [-0.15, -0.1) is 20.4 Å². The molecule has 0 aliphatic rings. The molecule has 0 saturated carbocycles. The van der Waals surface area contributed by atoms with Crippen molar-refractivity contribution in [2.24, 2.45) is 17.3 Å². The van der Waals surface area contributed by atoms with Crippen molar-refractivity contribution in [1.29, 1.82) is 0 Å². The summed E-state index contributed by atoms with van der Waals surface area (Å²) in [5, 5.41) is 26.7. The van der Waals surface area contributed by atoms with Gasteiger partial charge in [0.05, 0.1) is 5.52 Å². The number of benzene rings is 1. The van der Waals surface area contributed by atoms with Crippen molar-refractivity contribution in [2.45, 2.75) is 0 Å². The van der Waals surface area contributed by atoms with Crippen molar-refractivity contribution in [1.82, 2.24) is 14.8 Å². The molecule has 7 heteroatoms. The van der Waals surface area contributed by atoms with E-state index in [-0.39, 0.29) is 11.0 Å². The lowest BCUT2D eigenvalue weighted by molar-refractivity contribution is 0.436. The highest BCUT2D eigenvalue weighted by Crippen LogP contribution is 2.38. The first-order valence-electron chi connectivity index (χ1n) is 5.84. The molecule has 20 heavy (non-hydrogen) atoms. The number of aromatic nitrogens is 3. The number of fused-ring (bicyclic) bond motifs is 1. The fraction of sp³-hybridized carbons (Fsp3) is 0.0769. The average Bonchev–Trinajstić information content (AvgIpc) is 2.71. The Kier molecular flexibility index (Phi) is 3.08. The Morgan fingerprint density at radius 2 is 1.90 bits per heavy atom. The van der Waals surface area contributed by atoms with E-state index in [1.165, 1.54) is 0 Å². The highest BCUT2D eigenvalue weighted by atomic mass is 35.5.